The third kappa shape index (κ3) is 2.51. The maximum atomic E-state index is 11.8. The average molecular weight is 241 g/mol. The van der Waals surface area contributed by atoms with Gasteiger partial charge in [0, 0.05) is 31.2 Å². The number of nitrogens with zero attached hydrogens (tertiary/aromatic N) is 3. The Hall–Kier alpha value is -1.14. The number of hydrogen-bond acceptors (Lipinski definition) is 3. The molecule has 1 aromatic heterocycles. The Balaban J connectivity index is 2.13. The molecule has 5 nitrogen and oxygen atoms in total. The summed E-state index contributed by atoms with van der Waals surface area (Å²) in [6.07, 6.45) is 1.94. The van der Waals surface area contributed by atoms with Gasteiger partial charge >= 0.3 is 6.03 Å². The van der Waals surface area contributed by atoms with Crippen LogP contribution in [0.2, 0.25) is 0 Å². The van der Waals surface area contributed by atoms with Crippen molar-refractivity contribution in [3.63, 3.8) is 0 Å². The van der Waals surface area contributed by atoms with Gasteiger partial charge in [0.15, 0.2) is 4.80 Å². The zero-order chi connectivity index (χ0) is 11.4. The van der Waals surface area contributed by atoms with E-state index >= 15 is 0 Å². The van der Waals surface area contributed by atoms with E-state index in [4.69, 9.17) is 4.74 Å². The van der Waals surface area contributed by atoms with Gasteiger partial charge in [-0.1, -0.05) is 0 Å². The highest BCUT2D eigenvalue weighted by Crippen LogP contribution is 1.99. The lowest BCUT2D eigenvalue weighted by Gasteiger charge is -2.24. The van der Waals surface area contributed by atoms with Gasteiger partial charge in [0.05, 0.1) is 13.2 Å². The highest BCUT2D eigenvalue weighted by molar-refractivity contribution is 7.07. The molecule has 0 radical (unpaired) electrons. The van der Waals surface area contributed by atoms with Gasteiger partial charge in [-0.25, -0.2) is 4.79 Å². The molecule has 2 heterocycles. The van der Waals surface area contributed by atoms with Crippen LogP contribution in [0.1, 0.15) is 6.92 Å². The van der Waals surface area contributed by atoms with Crippen LogP contribution in [0.5, 0.6) is 0 Å². The van der Waals surface area contributed by atoms with E-state index in [-0.39, 0.29) is 6.03 Å². The van der Waals surface area contributed by atoms with Crippen LogP contribution in [0.15, 0.2) is 16.6 Å². The molecule has 88 valence electrons. The highest BCUT2D eigenvalue weighted by atomic mass is 32.1. The minimum absolute atomic E-state index is 0.159. The molecule has 2 amide bonds. The van der Waals surface area contributed by atoms with Crippen molar-refractivity contribution in [2.24, 2.45) is 4.99 Å². The first kappa shape index (κ1) is 11.3. The summed E-state index contributed by atoms with van der Waals surface area (Å²) in [5.41, 5.74) is 0. The fourth-order valence-electron chi connectivity index (χ4n) is 1.53. The van der Waals surface area contributed by atoms with E-state index in [0.717, 1.165) is 11.3 Å². The van der Waals surface area contributed by atoms with Gasteiger partial charge in [0.25, 0.3) is 0 Å². The van der Waals surface area contributed by atoms with E-state index in [1.54, 1.807) is 4.90 Å². The lowest BCUT2D eigenvalue weighted by molar-refractivity contribution is 0.0553. The number of ether oxygens (including phenoxy) is 1. The smallest absolute Gasteiger partial charge is 0.346 e. The maximum absolute atomic E-state index is 11.8. The molecule has 1 fully saturated rings. The molecule has 0 atom stereocenters. The number of urea groups is 1. The predicted molar refractivity (Wildman–Crippen MR) is 61.3 cm³/mol. The Bertz CT molecular complexity index is 418. The lowest BCUT2D eigenvalue weighted by atomic mass is 10.4. The van der Waals surface area contributed by atoms with Crippen LogP contribution in [0.25, 0.3) is 0 Å². The van der Waals surface area contributed by atoms with Crippen LogP contribution in [0.3, 0.4) is 0 Å². The summed E-state index contributed by atoms with van der Waals surface area (Å²) in [6.45, 7) is 5.36. The van der Waals surface area contributed by atoms with Crippen LogP contribution in [0.4, 0.5) is 4.79 Å². The normalized spacial score (nSPS) is 17.8. The van der Waals surface area contributed by atoms with Crippen LogP contribution in [-0.4, -0.2) is 41.8 Å². The van der Waals surface area contributed by atoms with E-state index in [0.29, 0.717) is 26.3 Å². The van der Waals surface area contributed by atoms with Crippen molar-refractivity contribution in [2.45, 2.75) is 13.5 Å². The van der Waals surface area contributed by atoms with Crippen molar-refractivity contribution in [3.8, 4) is 0 Å². The molecular weight excluding hydrogens is 226 g/mol. The molecule has 0 bridgehead atoms. The minimum Gasteiger partial charge on any atom is -0.378 e. The molecule has 0 aromatic carbocycles. The number of carbonyl (C=O) groups excluding carboxylic acids is 1. The fraction of sp³-hybridized carbons (Fsp3) is 0.600. The first-order valence-corrected chi connectivity index (χ1v) is 6.24. The molecule has 0 aliphatic carbocycles. The molecule has 1 aliphatic rings. The van der Waals surface area contributed by atoms with Crippen molar-refractivity contribution in [3.05, 3.63) is 16.4 Å². The summed E-state index contributed by atoms with van der Waals surface area (Å²) in [5, 5.41) is 1.94. The number of rotatable bonds is 1. The maximum Gasteiger partial charge on any atom is 0.346 e. The van der Waals surface area contributed by atoms with Crippen molar-refractivity contribution in [1.82, 2.24) is 9.47 Å². The number of aryl methyl sites for hydroxylation is 1. The summed E-state index contributed by atoms with van der Waals surface area (Å²) in [5.74, 6) is 0. The molecule has 0 spiro atoms. The number of amides is 2. The molecule has 6 heteroatoms. The highest BCUT2D eigenvalue weighted by Gasteiger charge is 2.15. The zero-order valence-electron chi connectivity index (χ0n) is 9.26. The van der Waals surface area contributed by atoms with Crippen molar-refractivity contribution in [1.29, 1.82) is 0 Å². The summed E-state index contributed by atoms with van der Waals surface area (Å²) in [6, 6.07) is -0.159. The van der Waals surface area contributed by atoms with Crippen LogP contribution in [-0.2, 0) is 11.3 Å². The predicted octanol–water partition coefficient (Wildman–Crippen LogP) is 0.922. The molecule has 0 N–H and O–H groups in total. The van der Waals surface area contributed by atoms with Gasteiger partial charge in [-0.3, -0.25) is 0 Å². The van der Waals surface area contributed by atoms with Gasteiger partial charge in [-0.15, -0.1) is 11.3 Å². The Morgan fingerprint density at radius 3 is 3.00 bits per heavy atom. The van der Waals surface area contributed by atoms with E-state index in [2.05, 4.69) is 4.99 Å². The number of thiazole rings is 1. The Morgan fingerprint density at radius 1 is 1.56 bits per heavy atom. The molecule has 2 rings (SSSR count). The molecule has 0 saturated carbocycles. The largest absolute Gasteiger partial charge is 0.378 e. The number of aromatic nitrogens is 1. The average Bonchev–Trinajstić information content (AvgIpc) is 2.77. The SMILES string of the molecule is CCn1ccsc1=NC(=O)N1CCOCC1. The van der Waals surface area contributed by atoms with Gasteiger partial charge < -0.3 is 14.2 Å². The molecule has 1 aliphatic heterocycles. The van der Waals surface area contributed by atoms with Crippen LogP contribution in [0, 0.1) is 0 Å². The van der Waals surface area contributed by atoms with E-state index in [1.807, 2.05) is 23.1 Å². The summed E-state index contributed by atoms with van der Waals surface area (Å²) >= 11 is 1.48. The molecular formula is C10H15N3O2S. The Morgan fingerprint density at radius 2 is 2.31 bits per heavy atom. The molecule has 1 saturated heterocycles. The quantitative estimate of drug-likeness (QED) is 0.734. The third-order valence-corrected chi connectivity index (χ3v) is 3.27. The Labute approximate surface area is 98.0 Å². The second-order valence-corrected chi connectivity index (χ2v) is 4.34. The van der Waals surface area contributed by atoms with Crippen molar-refractivity contribution >= 4 is 17.4 Å². The minimum atomic E-state index is -0.159. The molecule has 16 heavy (non-hydrogen) atoms. The van der Waals surface area contributed by atoms with E-state index < -0.39 is 0 Å². The van der Waals surface area contributed by atoms with Crippen LogP contribution >= 0.6 is 11.3 Å². The second-order valence-electron chi connectivity index (χ2n) is 3.47. The molecule has 0 unspecified atom stereocenters. The van der Waals surface area contributed by atoms with E-state index in [1.165, 1.54) is 11.3 Å². The summed E-state index contributed by atoms with van der Waals surface area (Å²) in [4.78, 5) is 18.4. The van der Waals surface area contributed by atoms with Gasteiger partial charge in [0.2, 0.25) is 0 Å². The van der Waals surface area contributed by atoms with Gasteiger partial charge in [-0.2, -0.15) is 4.99 Å². The number of morpholine rings is 1. The van der Waals surface area contributed by atoms with E-state index in [9.17, 15) is 4.79 Å². The van der Waals surface area contributed by atoms with Crippen molar-refractivity contribution < 1.29 is 9.53 Å². The number of carbonyl (C=O) groups is 1. The lowest BCUT2D eigenvalue weighted by Crippen LogP contribution is -2.40. The fourth-order valence-corrected chi connectivity index (χ4v) is 2.32. The van der Waals surface area contributed by atoms with Gasteiger partial charge in [-0.05, 0) is 6.92 Å². The summed E-state index contributed by atoms with van der Waals surface area (Å²) in [7, 11) is 0. The standard InChI is InChI=1S/C10H15N3O2S/c1-2-12-5-8-16-10(12)11-9(14)13-3-6-15-7-4-13/h5,8H,2-4,6-7H2,1H3. The van der Waals surface area contributed by atoms with Gasteiger partial charge in [0.1, 0.15) is 0 Å². The summed E-state index contributed by atoms with van der Waals surface area (Å²) < 4.78 is 7.15. The second kappa shape index (κ2) is 5.27. The van der Waals surface area contributed by atoms with Crippen LogP contribution < -0.4 is 4.80 Å². The third-order valence-electron chi connectivity index (χ3n) is 2.47. The topological polar surface area (TPSA) is 46.8 Å². The monoisotopic (exact) mass is 241 g/mol. The Kier molecular flexibility index (Phi) is 3.74. The first-order chi connectivity index (χ1) is 7.81. The molecule has 1 aromatic rings. The van der Waals surface area contributed by atoms with Crippen molar-refractivity contribution in [2.75, 3.05) is 26.3 Å². The number of hydrogen-bond donors (Lipinski definition) is 0. The zero-order valence-corrected chi connectivity index (χ0v) is 10.1. The first-order valence-electron chi connectivity index (χ1n) is 5.36.